The van der Waals surface area contributed by atoms with Crippen LogP contribution in [-0.2, 0) is 15.6 Å². The van der Waals surface area contributed by atoms with Gasteiger partial charge in [0.25, 0.3) is 0 Å². The van der Waals surface area contributed by atoms with E-state index in [9.17, 15) is 10.2 Å². The van der Waals surface area contributed by atoms with Crippen LogP contribution in [0.2, 0.25) is 0 Å². The van der Waals surface area contributed by atoms with Gasteiger partial charge in [0.15, 0.2) is 23.0 Å². The first-order valence-corrected chi connectivity index (χ1v) is 9.99. The lowest BCUT2D eigenvalue weighted by Gasteiger charge is -2.20. The Morgan fingerprint density at radius 2 is 1.14 bits per heavy atom. The zero-order chi connectivity index (χ0) is 21.7. The largest absolute Gasteiger partial charge is 0.504 e. The molecule has 160 valence electrons. The van der Waals surface area contributed by atoms with Crippen molar-refractivity contribution in [1.82, 2.24) is 0 Å². The molecule has 29 heavy (non-hydrogen) atoms. The summed E-state index contributed by atoms with van der Waals surface area (Å²) in [5, 5.41) is 20.1. The Balaban J connectivity index is 1.72. The monoisotopic (exact) mass is 402 g/mol. The van der Waals surface area contributed by atoms with Crippen LogP contribution >= 0.6 is 0 Å². The Bertz CT molecular complexity index is 800. The summed E-state index contributed by atoms with van der Waals surface area (Å²) in [7, 11) is 0. The lowest BCUT2D eigenvalue weighted by atomic mass is 9.87. The van der Waals surface area contributed by atoms with Crippen LogP contribution in [0, 0.1) is 0 Å². The summed E-state index contributed by atoms with van der Waals surface area (Å²) in [6.07, 6.45) is 0. The lowest BCUT2D eigenvalue weighted by molar-refractivity contribution is 0.0750. The van der Waals surface area contributed by atoms with Crippen molar-refractivity contribution < 1.29 is 24.4 Å². The fraction of sp³-hybridized carbons (Fsp3) is 0.500. The van der Waals surface area contributed by atoms with Crippen molar-refractivity contribution in [2.45, 2.75) is 52.4 Å². The Morgan fingerprint density at radius 1 is 0.621 bits per heavy atom. The first-order chi connectivity index (χ1) is 13.5. The second kappa shape index (κ2) is 9.40. The average molecular weight is 403 g/mol. The minimum Gasteiger partial charge on any atom is -0.504 e. The molecule has 2 rings (SSSR count). The molecule has 0 heterocycles. The summed E-state index contributed by atoms with van der Waals surface area (Å²) in [5.41, 5.74) is 2.10. The van der Waals surface area contributed by atoms with Crippen molar-refractivity contribution in [3.63, 3.8) is 0 Å². The number of rotatable bonds is 8. The van der Waals surface area contributed by atoms with Gasteiger partial charge in [0.05, 0.1) is 13.2 Å². The number of aromatic hydroxyl groups is 2. The zero-order valence-electron chi connectivity index (χ0n) is 18.4. The molecule has 0 fully saturated rings. The van der Waals surface area contributed by atoms with Crippen molar-refractivity contribution in [2.24, 2.45) is 0 Å². The molecular weight excluding hydrogens is 368 g/mol. The molecule has 5 heteroatoms. The van der Waals surface area contributed by atoms with E-state index in [0.717, 1.165) is 11.1 Å². The van der Waals surface area contributed by atoms with Gasteiger partial charge in [-0.25, -0.2) is 0 Å². The molecule has 0 spiro atoms. The summed E-state index contributed by atoms with van der Waals surface area (Å²) in [6.45, 7) is 14.0. The topological polar surface area (TPSA) is 68.2 Å². The number of hydrogen-bond acceptors (Lipinski definition) is 5. The van der Waals surface area contributed by atoms with E-state index >= 15 is 0 Å². The van der Waals surface area contributed by atoms with E-state index in [1.165, 1.54) is 0 Å². The van der Waals surface area contributed by atoms with E-state index in [0.29, 0.717) is 37.9 Å². The van der Waals surface area contributed by atoms with E-state index in [1.807, 2.05) is 18.2 Å². The van der Waals surface area contributed by atoms with Gasteiger partial charge in [-0.05, 0) is 46.2 Å². The molecule has 0 atom stereocenters. The van der Waals surface area contributed by atoms with Crippen LogP contribution < -0.4 is 9.47 Å². The van der Waals surface area contributed by atoms with Gasteiger partial charge in [-0.15, -0.1) is 0 Å². The average Bonchev–Trinajstić information content (AvgIpc) is 2.61. The molecule has 0 amide bonds. The molecule has 0 aliphatic rings. The third-order valence-electron chi connectivity index (χ3n) is 4.62. The van der Waals surface area contributed by atoms with Gasteiger partial charge in [-0.2, -0.15) is 0 Å². The number of benzene rings is 2. The van der Waals surface area contributed by atoms with Crippen LogP contribution in [0.5, 0.6) is 23.0 Å². The molecule has 0 aliphatic carbocycles. The molecule has 0 saturated heterocycles. The normalized spacial score (nSPS) is 12.1. The molecule has 0 bridgehead atoms. The quantitative estimate of drug-likeness (QED) is 0.597. The van der Waals surface area contributed by atoms with Crippen LogP contribution in [0.15, 0.2) is 36.4 Å². The predicted molar refractivity (Wildman–Crippen MR) is 115 cm³/mol. The second-order valence-electron chi connectivity index (χ2n) is 9.17. The van der Waals surface area contributed by atoms with Gasteiger partial charge in [-0.1, -0.05) is 53.7 Å². The maximum Gasteiger partial charge on any atom is 0.161 e. The third kappa shape index (κ3) is 6.86. The fourth-order valence-electron chi connectivity index (χ4n) is 2.73. The minimum atomic E-state index is -0.0278. The van der Waals surface area contributed by atoms with Crippen LogP contribution in [0.1, 0.15) is 52.7 Å². The summed E-state index contributed by atoms with van der Waals surface area (Å²) in [4.78, 5) is 0. The fourth-order valence-corrected chi connectivity index (χ4v) is 2.73. The third-order valence-corrected chi connectivity index (χ3v) is 4.62. The smallest absolute Gasteiger partial charge is 0.161 e. The van der Waals surface area contributed by atoms with Gasteiger partial charge in [0.2, 0.25) is 0 Å². The highest BCUT2D eigenvalue weighted by Gasteiger charge is 2.17. The Morgan fingerprint density at radius 3 is 1.69 bits per heavy atom. The molecule has 0 unspecified atom stereocenters. The van der Waals surface area contributed by atoms with Crippen LogP contribution in [0.4, 0.5) is 0 Å². The second-order valence-corrected chi connectivity index (χ2v) is 9.17. The van der Waals surface area contributed by atoms with Crippen molar-refractivity contribution in [1.29, 1.82) is 0 Å². The van der Waals surface area contributed by atoms with Gasteiger partial charge in [-0.3, -0.25) is 0 Å². The summed E-state index contributed by atoms with van der Waals surface area (Å²) < 4.78 is 16.8. The van der Waals surface area contributed by atoms with Crippen molar-refractivity contribution in [3.8, 4) is 23.0 Å². The Kier molecular flexibility index (Phi) is 7.42. The van der Waals surface area contributed by atoms with E-state index < -0.39 is 0 Å². The van der Waals surface area contributed by atoms with Crippen molar-refractivity contribution in [3.05, 3.63) is 47.5 Å². The molecule has 2 aromatic carbocycles. The minimum absolute atomic E-state index is 0.0176. The van der Waals surface area contributed by atoms with Crippen LogP contribution in [0.25, 0.3) is 0 Å². The lowest BCUT2D eigenvalue weighted by Crippen LogP contribution is -2.14. The summed E-state index contributed by atoms with van der Waals surface area (Å²) in [5.74, 6) is 1.16. The Labute approximate surface area is 174 Å². The van der Waals surface area contributed by atoms with Gasteiger partial charge >= 0.3 is 0 Å². The van der Waals surface area contributed by atoms with Crippen molar-refractivity contribution in [2.75, 3.05) is 26.4 Å². The van der Waals surface area contributed by atoms with Crippen LogP contribution in [0.3, 0.4) is 0 Å². The van der Waals surface area contributed by atoms with Crippen molar-refractivity contribution >= 4 is 0 Å². The van der Waals surface area contributed by atoms with E-state index in [-0.39, 0.29) is 22.3 Å². The molecule has 0 aromatic heterocycles. The SMILES string of the molecule is CC(C)(C)c1ccc(OCCOCCOc2cc(C(C)(C)C)ccc2O)c(O)c1. The molecular formula is C24H34O5. The molecule has 0 saturated carbocycles. The molecule has 2 N–H and O–H groups in total. The van der Waals surface area contributed by atoms with E-state index in [4.69, 9.17) is 14.2 Å². The Hall–Kier alpha value is -2.40. The highest BCUT2D eigenvalue weighted by Crippen LogP contribution is 2.33. The first-order valence-electron chi connectivity index (χ1n) is 9.99. The molecule has 0 radical (unpaired) electrons. The maximum atomic E-state index is 10.1. The maximum absolute atomic E-state index is 10.1. The van der Waals surface area contributed by atoms with Gasteiger partial charge in [0, 0.05) is 0 Å². The van der Waals surface area contributed by atoms with Gasteiger partial charge in [0.1, 0.15) is 13.2 Å². The number of ether oxygens (including phenoxy) is 3. The van der Waals surface area contributed by atoms with E-state index in [1.54, 1.807) is 18.2 Å². The summed E-state index contributed by atoms with van der Waals surface area (Å²) in [6, 6.07) is 10.9. The summed E-state index contributed by atoms with van der Waals surface area (Å²) >= 11 is 0. The van der Waals surface area contributed by atoms with Crippen LogP contribution in [-0.4, -0.2) is 36.6 Å². The highest BCUT2D eigenvalue weighted by molar-refractivity contribution is 5.44. The molecule has 5 nitrogen and oxygen atoms in total. The highest BCUT2D eigenvalue weighted by atomic mass is 16.5. The van der Waals surface area contributed by atoms with Gasteiger partial charge < -0.3 is 24.4 Å². The predicted octanol–water partition coefficient (Wildman–Crippen LogP) is 5.17. The number of phenolic OH excluding ortho intramolecular Hbond substituents is 2. The van der Waals surface area contributed by atoms with E-state index in [2.05, 4.69) is 41.5 Å². The standard InChI is InChI=1S/C24H34O5/c1-23(2,3)17-8-10-21(20(26)15-17)28-13-11-27-12-14-29-22-16-18(24(4,5)6)7-9-19(22)25/h7-10,15-16,25-26H,11-14H2,1-6H3. The molecule has 2 aromatic rings. The zero-order valence-corrected chi connectivity index (χ0v) is 18.4. The molecule has 0 aliphatic heterocycles. The number of phenols is 2. The number of hydrogen-bond donors (Lipinski definition) is 2. The first kappa shape index (κ1) is 22.9.